The lowest BCUT2D eigenvalue weighted by Crippen LogP contribution is -2.37. The minimum Gasteiger partial charge on any atom is -0.460 e. The molecule has 0 amide bonds. The molecule has 0 N–H and O–H groups in total. The van der Waals surface area contributed by atoms with Crippen LogP contribution in [-0.4, -0.2) is 31.2 Å². The number of anilines is 2. The van der Waals surface area contributed by atoms with Gasteiger partial charge in [0.15, 0.2) is 6.61 Å². The molecular formula is C27H33NO4S. The lowest BCUT2D eigenvalue weighted by Gasteiger charge is -2.36. The van der Waals surface area contributed by atoms with Crippen LogP contribution >= 0.6 is 11.8 Å². The standard InChI is InChI=1S/C27H33NO4S/c1-18(2)20-13-12-19(3)16-23(20)32-27(30)17-31-26(29)14-15-28-21-8-4-6-10-24(21)33-25-11-7-5-9-22(25)28/h4-11,18-20,23H,12-17H2,1-3H3/t19-,20+,23+/m0/s1. The molecule has 2 aliphatic rings. The van der Waals surface area contributed by atoms with Crippen LogP contribution in [0.25, 0.3) is 0 Å². The van der Waals surface area contributed by atoms with Gasteiger partial charge in [0.25, 0.3) is 0 Å². The van der Waals surface area contributed by atoms with Crippen molar-refractivity contribution in [2.75, 3.05) is 18.1 Å². The predicted molar refractivity (Wildman–Crippen MR) is 131 cm³/mol. The fourth-order valence-electron chi connectivity index (χ4n) is 4.89. The zero-order chi connectivity index (χ0) is 23.4. The topological polar surface area (TPSA) is 55.8 Å². The van der Waals surface area contributed by atoms with Gasteiger partial charge in [-0.15, -0.1) is 0 Å². The lowest BCUT2D eigenvalue weighted by molar-refractivity contribution is -0.167. The number of esters is 2. The maximum absolute atomic E-state index is 12.5. The normalized spacial score (nSPS) is 21.8. The molecule has 1 aliphatic heterocycles. The average molecular weight is 468 g/mol. The summed E-state index contributed by atoms with van der Waals surface area (Å²) in [5.41, 5.74) is 2.17. The molecule has 1 aliphatic carbocycles. The van der Waals surface area contributed by atoms with Gasteiger partial charge in [-0.1, -0.05) is 63.2 Å². The Morgan fingerprint density at radius 3 is 2.27 bits per heavy atom. The van der Waals surface area contributed by atoms with Gasteiger partial charge in [0, 0.05) is 16.3 Å². The molecule has 4 rings (SSSR count). The number of ether oxygens (including phenoxy) is 2. The molecule has 33 heavy (non-hydrogen) atoms. The number of fused-ring (bicyclic) bond motifs is 2. The van der Waals surface area contributed by atoms with Gasteiger partial charge in [-0.25, -0.2) is 4.79 Å². The van der Waals surface area contributed by atoms with Crippen molar-refractivity contribution in [3.63, 3.8) is 0 Å². The molecule has 5 nitrogen and oxygen atoms in total. The number of hydrogen-bond donors (Lipinski definition) is 0. The molecule has 2 aromatic rings. The monoisotopic (exact) mass is 467 g/mol. The van der Waals surface area contributed by atoms with E-state index in [9.17, 15) is 9.59 Å². The first kappa shape index (κ1) is 23.7. The number of hydrogen-bond acceptors (Lipinski definition) is 6. The molecule has 0 bridgehead atoms. The molecule has 0 unspecified atom stereocenters. The van der Waals surface area contributed by atoms with Gasteiger partial charge in [-0.2, -0.15) is 0 Å². The third-order valence-corrected chi connectivity index (χ3v) is 7.80. The van der Waals surface area contributed by atoms with Gasteiger partial charge in [0.2, 0.25) is 0 Å². The first-order valence-electron chi connectivity index (χ1n) is 11.9. The van der Waals surface area contributed by atoms with Crippen LogP contribution in [0.5, 0.6) is 0 Å². The van der Waals surface area contributed by atoms with Gasteiger partial charge in [-0.3, -0.25) is 4.79 Å². The Hall–Kier alpha value is -2.47. The van der Waals surface area contributed by atoms with Gasteiger partial charge in [0.1, 0.15) is 6.10 Å². The highest BCUT2D eigenvalue weighted by atomic mass is 32.2. The van der Waals surface area contributed by atoms with Crippen molar-refractivity contribution in [3.8, 4) is 0 Å². The van der Waals surface area contributed by atoms with Gasteiger partial charge in [0.05, 0.1) is 17.8 Å². The zero-order valence-corrected chi connectivity index (χ0v) is 20.5. The third-order valence-electron chi connectivity index (χ3n) is 6.67. The van der Waals surface area contributed by atoms with Crippen LogP contribution in [-0.2, 0) is 19.1 Å². The van der Waals surface area contributed by atoms with Crippen LogP contribution in [0.15, 0.2) is 58.3 Å². The van der Waals surface area contributed by atoms with Crippen molar-refractivity contribution >= 4 is 35.1 Å². The van der Waals surface area contributed by atoms with Crippen LogP contribution in [0.1, 0.15) is 46.5 Å². The molecule has 1 fully saturated rings. The second-order valence-electron chi connectivity index (χ2n) is 9.45. The smallest absolute Gasteiger partial charge is 0.344 e. The molecule has 1 saturated carbocycles. The van der Waals surface area contributed by atoms with E-state index in [1.165, 1.54) is 6.42 Å². The van der Waals surface area contributed by atoms with Crippen molar-refractivity contribution in [2.24, 2.45) is 17.8 Å². The summed E-state index contributed by atoms with van der Waals surface area (Å²) in [4.78, 5) is 29.4. The van der Waals surface area contributed by atoms with E-state index in [1.807, 2.05) is 24.3 Å². The minimum absolute atomic E-state index is 0.0844. The van der Waals surface area contributed by atoms with Crippen LogP contribution in [0.3, 0.4) is 0 Å². The van der Waals surface area contributed by atoms with Crippen molar-refractivity contribution < 1.29 is 19.1 Å². The summed E-state index contributed by atoms with van der Waals surface area (Å²) < 4.78 is 11.0. The molecule has 0 radical (unpaired) electrons. The number of nitrogens with zero attached hydrogens (tertiary/aromatic N) is 1. The summed E-state index contributed by atoms with van der Waals surface area (Å²) >= 11 is 1.73. The highest BCUT2D eigenvalue weighted by Gasteiger charge is 2.33. The van der Waals surface area contributed by atoms with E-state index < -0.39 is 11.9 Å². The third kappa shape index (κ3) is 5.72. The van der Waals surface area contributed by atoms with Crippen LogP contribution in [0.2, 0.25) is 0 Å². The van der Waals surface area contributed by atoms with Gasteiger partial charge < -0.3 is 14.4 Å². The van der Waals surface area contributed by atoms with E-state index >= 15 is 0 Å². The van der Waals surface area contributed by atoms with Crippen molar-refractivity contribution in [2.45, 2.75) is 62.3 Å². The Bertz CT molecular complexity index is 946. The highest BCUT2D eigenvalue weighted by Crippen LogP contribution is 2.47. The Labute approximate surface area is 200 Å². The van der Waals surface area contributed by atoms with Crippen LogP contribution < -0.4 is 4.90 Å². The molecule has 3 atom stereocenters. The number of benzene rings is 2. The maximum atomic E-state index is 12.5. The molecule has 0 spiro atoms. The van der Waals surface area contributed by atoms with E-state index in [2.05, 4.69) is 49.9 Å². The molecular weight excluding hydrogens is 434 g/mol. The SMILES string of the molecule is CC(C)[C@H]1CC[C@H](C)C[C@H]1OC(=O)COC(=O)CCN1c2ccccc2Sc2ccccc21. The van der Waals surface area contributed by atoms with E-state index in [-0.39, 0.29) is 19.1 Å². The molecule has 0 saturated heterocycles. The molecule has 0 aromatic heterocycles. The highest BCUT2D eigenvalue weighted by molar-refractivity contribution is 7.99. The summed E-state index contributed by atoms with van der Waals surface area (Å²) in [5.74, 6) is 0.550. The fourth-order valence-corrected chi connectivity index (χ4v) is 5.99. The largest absolute Gasteiger partial charge is 0.460 e. The van der Waals surface area contributed by atoms with E-state index in [0.29, 0.717) is 24.3 Å². The van der Waals surface area contributed by atoms with Crippen molar-refractivity contribution in [1.29, 1.82) is 0 Å². The quantitative estimate of drug-likeness (QED) is 0.450. The Morgan fingerprint density at radius 1 is 1.00 bits per heavy atom. The molecule has 2 aromatic carbocycles. The Morgan fingerprint density at radius 2 is 1.64 bits per heavy atom. The second kappa shape index (κ2) is 10.6. The Balaban J connectivity index is 1.31. The second-order valence-corrected chi connectivity index (χ2v) is 10.5. The fraction of sp³-hybridized carbons (Fsp3) is 0.481. The molecule has 176 valence electrons. The van der Waals surface area contributed by atoms with Gasteiger partial charge in [-0.05, 0) is 54.9 Å². The average Bonchev–Trinajstić information content (AvgIpc) is 2.80. The van der Waals surface area contributed by atoms with E-state index in [4.69, 9.17) is 9.47 Å². The zero-order valence-electron chi connectivity index (χ0n) is 19.7. The van der Waals surface area contributed by atoms with E-state index in [1.54, 1.807) is 11.8 Å². The predicted octanol–water partition coefficient (Wildman–Crippen LogP) is 6.23. The van der Waals surface area contributed by atoms with E-state index in [0.717, 1.165) is 34.0 Å². The summed E-state index contributed by atoms with van der Waals surface area (Å²) in [6.45, 7) is 6.72. The summed E-state index contributed by atoms with van der Waals surface area (Å²) in [6, 6.07) is 16.4. The molecule has 1 heterocycles. The number of para-hydroxylation sites is 2. The first-order valence-corrected chi connectivity index (χ1v) is 12.7. The maximum Gasteiger partial charge on any atom is 0.344 e. The molecule has 6 heteroatoms. The van der Waals surface area contributed by atoms with Crippen LogP contribution in [0.4, 0.5) is 11.4 Å². The summed E-state index contributed by atoms with van der Waals surface area (Å²) in [7, 11) is 0. The van der Waals surface area contributed by atoms with Crippen molar-refractivity contribution in [1.82, 2.24) is 0 Å². The first-order chi connectivity index (χ1) is 15.9. The number of carbonyl (C=O) groups is 2. The number of carbonyl (C=O) groups excluding carboxylic acids is 2. The Kier molecular flexibility index (Phi) is 7.63. The van der Waals surface area contributed by atoms with Gasteiger partial charge >= 0.3 is 11.9 Å². The number of rotatable bonds is 7. The summed E-state index contributed by atoms with van der Waals surface area (Å²) in [5, 5.41) is 0. The van der Waals surface area contributed by atoms with Crippen LogP contribution in [0, 0.1) is 17.8 Å². The summed E-state index contributed by atoms with van der Waals surface area (Å²) in [6.07, 6.45) is 3.24. The van der Waals surface area contributed by atoms with Crippen molar-refractivity contribution in [3.05, 3.63) is 48.5 Å². The lowest BCUT2D eigenvalue weighted by atomic mass is 9.75. The minimum atomic E-state index is -0.446.